The molecule has 0 amide bonds. The third-order valence-corrected chi connectivity index (χ3v) is 6.77. The Bertz CT molecular complexity index is 706. The zero-order valence-electron chi connectivity index (χ0n) is 16.8. The van der Waals surface area contributed by atoms with Crippen LogP contribution in [0.2, 0.25) is 0 Å². The Hall–Kier alpha value is -0.750. The SMILES string of the molecule is CCOCCC[C@H]1CCc2cc([C@H]3CC[C@@](N)(COP(=O)(O)O)C3)ccc2C1. The molecular formula is C21H34NO5P. The molecule has 0 bridgehead atoms. The average Bonchev–Trinajstić information content (AvgIpc) is 3.05. The van der Waals surface area contributed by atoms with Crippen molar-refractivity contribution in [1.29, 1.82) is 0 Å². The second kappa shape index (κ2) is 9.38. The molecule has 0 aliphatic heterocycles. The molecule has 3 rings (SSSR count). The minimum atomic E-state index is -4.47. The number of fused-ring (bicyclic) bond motifs is 1. The smallest absolute Gasteiger partial charge is 0.382 e. The zero-order valence-corrected chi connectivity index (χ0v) is 17.7. The first kappa shape index (κ1) is 21.9. The van der Waals surface area contributed by atoms with Gasteiger partial charge in [-0.2, -0.15) is 0 Å². The van der Waals surface area contributed by atoms with Gasteiger partial charge in [0, 0.05) is 18.8 Å². The summed E-state index contributed by atoms with van der Waals surface area (Å²) in [7, 11) is -4.47. The van der Waals surface area contributed by atoms with Crippen LogP contribution in [-0.4, -0.2) is 35.1 Å². The number of ether oxygens (including phenoxy) is 1. The number of hydrogen-bond donors (Lipinski definition) is 3. The number of phosphoric acid groups is 1. The molecule has 1 saturated carbocycles. The van der Waals surface area contributed by atoms with E-state index in [9.17, 15) is 4.57 Å². The average molecular weight is 411 g/mol. The molecule has 1 aromatic rings. The largest absolute Gasteiger partial charge is 0.469 e. The lowest BCUT2D eigenvalue weighted by molar-refractivity contribution is 0.138. The van der Waals surface area contributed by atoms with Gasteiger partial charge in [-0.05, 0) is 86.8 Å². The summed E-state index contributed by atoms with van der Waals surface area (Å²) < 4.78 is 21.1. The van der Waals surface area contributed by atoms with E-state index >= 15 is 0 Å². The summed E-state index contributed by atoms with van der Waals surface area (Å²) in [4.78, 5) is 17.9. The number of rotatable bonds is 9. The van der Waals surface area contributed by atoms with Crippen molar-refractivity contribution in [2.75, 3.05) is 19.8 Å². The number of aryl methyl sites for hydroxylation is 1. The van der Waals surface area contributed by atoms with Gasteiger partial charge in [-0.3, -0.25) is 4.52 Å². The van der Waals surface area contributed by atoms with Crippen LogP contribution in [-0.2, 0) is 26.7 Å². The van der Waals surface area contributed by atoms with E-state index < -0.39 is 13.4 Å². The van der Waals surface area contributed by atoms with Gasteiger partial charge in [0.1, 0.15) is 0 Å². The summed E-state index contributed by atoms with van der Waals surface area (Å²) in [6, 6.07) is 6.84. The molecule has 0 saturated heterocycles. The number of hydrogen-bond acceptors (Lipinski definition) is 4. The van der Waals surface area contributed by atoms with Crippen LogP contribution in [0.5, 0.6) is 0 Å². The minimum Gasteiger partial charge on any atom is -0.382 e. The normalized spacial score (nSPS) is 27.7. The lowest BCUT2D eigenvalue weighted by atomic mass is 9.80. The first-order chi connectivity index (χ1) is 13.3. The molecule has 0 spiro atoms. The highest BCUT2D eigenvalue weighted by Crippen LogP contribution is 2.44. The molecule has 2 aliphatic rings. The van der Waals surface area contributed by atoms with Crippen LogP contribution in [0.3, 0.4) is 0 Å². The van der Waals surface area contributed by atoms with Gasteiger partial charge in [0.15, 0.2) is 0 Å². The maximum Gasteiger partial charge on any atom is 0.469 e. The Morgan fingerprint density at radius 3 is 2.86 bits per heavy atom. The fourth-order valence-electron chi connectivity index (χ4n) is 4.75. The lowest BCUT2D eigenvalue weighted by Gasteiger charge is -2.26. The Morgan fingerprint density at radius 1 is 1.29 bits per heavy atom. The molecule has 0 radical (unpaired) electrons. The Morgan fingerprint density at radius 2 is 2.11 bits per heavy atom. The van der Waals surface area contributed by atoms with Gasteiger partial charge in [-0.25, -0.2) is 4.57 Å². The highest BCUT2D eigenvalue weighted by atomic mass is 31.2. The van der Waals surface area contributed by atoms with E-state index in [-0.39, 0.29) is 6.61 Å². The molecule has 6 nitrogen and oxygen atoms in total. The lowest BCUT2D eigenvalue weighted by Crippen LogP contribution is -2.41. The van der Waals surface area contributed by atoms with Crippen LogP contribution >= 0.6 is 7.82 Å². The summed E-state index contributed by atoms with van der Waals surface area (Å²) in [5.41, 5.74) is 9.91. The molecule has 0 unspecified atom stereocenters. The molecule has 0 heterocycles. The van der Waals surface area contributed by atoms with Crippen LogP contribution in [0.1, 0.15) is 68.1 Å². The predicted octanol–water partition coefficient (Wildman–Crippen LogP) is 3.68. The van der Waals surface area contributed by atoms with Gasteiger partial charge in [0.25, 0.3) is 0 Å². The van der Waals surface area contributed by atoms with Crippen molar-refractivity contribution in [3.8, 4) is 0 Å². The highest BCUT2D eigenvalue weighted by Gasteiger charge is 2.38. The summed E-state index contributed by atoms with van der Waals surface area (Å²) in [5.74, 6) is 1.09. The van der Waals surface area contributed by atoms with Crippen molar-refractivity contribution in [2.45, 2.75) is 69.7 Å². The number of benzene rings is 1. The van der Waals surface area contributed by atoms with Gasteiger partial charge in [0.05, 0.1) is 6.61 Å². The Balaban J connectivity index is 1.56. The molecule has 1 fully saturated rings. The van der Waals surface area contributed by atoms with E-state index in [1.807, 2.05) is 6.92 Å². The maximum atomic E-state index is 11.0. The Kier molecular flexibility index (Phi) is 7.35. The van der Waals surface area contributed by atoms with E-state index in [4.69, 9.17) is 20.3 Å². The summed E-state index contributed by atoms with van der Waals surface area (Å²) in [6.45, 7) is 3.61. The molecule has 7 heteroatoms. The third-order valence-electron chi connectivity index (χ3n) is 6.30. The molecule has 0 aromatic heterocycles. The fourth-order valence-corrected chi connectivity index (χ4v) is 5.18. The van der Waals surface area contributed by atoms with Gasteiger partial charge >= 0.3 is 7.82 Å². The molecular weight excluding hydrogens is 377 g/mol. The van der Waals surface area contributed by atoms with E-state index in [2.05, 4.69) is 22.7 Å². The van der Waals surface area contributed by atoms with Crippen molar-refractivity contribution in [2.24, 2.45) is 11.7 Å². The second-order valence-electron chi connectivity index (χ2n) is 8.54. The van der Waals surface area contributed by atoms with Gasteiger partial charge in [0.2, 0.25) is 0 Å². The third kappa shape index (κ3) is 6.12. The molecule has 1 aromatic carbocycles. The monoisotopic (exact) mass is 411 g/mol. The maximum absolute atomic E-state index is 11.0. The number of phosphoric ester groups is 1. The molecule has 2 aliphatic carbocycles. The summed E-state index contributed by atoms with van der Waals surface area (Å²) >= 11 is 0. The van der Waals surface area contributed by atoms with Crippen LogP contribution in [0.15, 0.2) is 18.2 Å². The topological polar surface area (TPSA) is 102 Å². The van der Waals surface area contributed by atoms with Crippen LogP contribution in [0.4, 0.5) is 0 Å². The molecule has 3 atom stereocenters. The number of nitrogens with two attached hydrogens (primary N) is 1. The predicted molar refractivity (Wildman–Crippen MR) is 109 cm³/mol. The summed E-state index contributed by atoms with van der Waals surface area (Å²) in [6.07, 6.45) is 8.25. The standard InChI is InChI=1S/C21H34NO5P/c1-2-26-11-3-4-16-5-6-18-13-19(8-7-17(18)12-16)20-9-10-21(22,14-20)15-27-28(23,24)25/h7-8,13,16,20H,2-6,9-12,14-15,22H2,1H3,(H2,23,24,25)/t16-,20-,21-/m0/s1. The van der Waals surface area contributed by atoms with E-state index in [1.165, 1.54) is 29.5 Å². The Labute approximate surface area is 168 Å². The van der Waals surface area contributed by atoms with E-state index in [0.29, 0.717) is 12.3 Å². The molecule has 28 heavy (non-hydrogen) atoms. The van der Waals surface area contributed by atoms with Crippen LogP contribution in [0, 0.1) is 5.92 Å². The first-order valence-electron chi connectivity index (χ1n) is 10.5. The highest BCUT2D eigenvalue weighted by molar-refractivity contribution is 7.46. The van der Waals surface area contributed by atoms with Crippen LogP contribution in [0.25, 0.3) is 0 Å². The zero-order chi connectivity index (χ0) is 20.2. The van der Waals surface area contributed by atoms with Crippen molar-refractivity contribution in [1.82, 2.24) is 0 Å². The van der Waals surface area contributed by atoms with Gasteiger partial charge < -0.3 is 20.3 Å². The fraction of sp³-hybridized carbons (Fsp3) is 0.714. The van der Waals surface area contributed by atoms with Crippen molar-refractivity contribution in [3.63, 3.8) is 0 Å². The summed E-state index contributed by atoms with van der Waals surface area (Å²) in [5, 5.41) is 0. The molecule has 158 valence electrons. The van der Waals surface area contributed by atoms with Crippen molar-refractivity contribution in [3.05, 3.63) is 34.9 Å². The second-order valence-corrected chi connectivity index (χ2v) is 9.78. The van der Waals surface area contributed by atoms with E-state index in [1.54, 1.807) is 0 Å². The van der Waals surface area contributed by atoms with Gasteiger partial charge in [-0.1, -0.05) is 18.2 Å². The van der Waals surface area contributed by atoms with Crippen molar-refractivity contribution >= 4 is 7.82 Å². The van der Waals surface area contributed by atoms with E-state index in [0.717, 1.165) is 51.2 Å². The minimum absolute atomic E-state index is 0.0951. The first-order valence-corrected chi connectivity index (χ1v) is 12.0. The van der Waals surface area contributed by atoms with Gasteiger partial charge in [-0.15, -0.1) is 0 Å². The quantitative estimate of drug-likeness (QED) is 0.423. The van der Waals surface area contributed by atoms with Crippen LogP contribution < -0.4 is 5.73 Å². The molecule has 4 N–H and O–H groups in total. The van der Waals surface area contributed by atoms with Crippen molar-refractivity contribution < 1.29 is 23.6 Å².